The lowest BCUT2D eigenvalue weighted by Gasteiger charge is -2.05. The van der Waals surface area contributed by atoms with Crippen molar-refractivity contribution in [3.63, 3.8) is 0 Å². The van der Waals surface area contributed by atoms with E-state index in [0.717, 1.165) is 42.1 Å². The van der Waals surface area contributed by atoms with E-state index in [1.54, 1.807) is 11.8 Å². The molecule has 5 heteroatoms. The van der Waals surface area contributed by atoms with Crippen molar-refractivity contribution in [2.45, 2.75) is 31.3 Å². The van der Waals surface area contributed by atoms with Crippen LogP contribution in [0.15, 0.2) is 4.79 Å². The summed E-state index contributed by atoms with van der Waals surface area (Å²) in [6, 6.07) is 0. The van der Waals surface area contributed by atoms with Crippen LogP contribution in [0.3, 0.4) is 0 Å². The second-order valence-corrected chi connectivity index (χ2v) is 4.60. The fourth-order valence-corrected chi connectivity index (χ4v) is 2.57. The first-order valence-electron chi connectivity index (χ1n) is 5.25. The summed E-state index contributed by atoms with van der Waals surface area (Å²) >= 11 is 1.74. The molecule has 0 amide bonds. The van der Waals surface area contributed by atoms with Gasteiger partial charge in [0.1, 0.15) is 0 Å². The molecule has 0 aliphatic carbocycles. The van der Waals surface area contributed by atoms with Crippen LogP contribution < -0.4 is 10.9 Å². The largest absolute Gasteiger partial charge is 0.356 e. The van der Waals surface area contributed by atoms with Gasteiger partial charge in [0.05, 0.1) is 5.69 Å². The number of unbranched alkanes of at least 4 members (excludes halogenated alkanes) is 1. The van der Waals surface area contributed by atoms with Gasteiger partial charge in [-0.3, -0.25) is 9.78 Å². The summed E-state index contributed by atoms with van der Waals surface area (Å²) in [4.78, 5) is 18.8. The normalized spacial score (nSPS) is 13.9. The Labute approximate surface area is 92.9 Å². The van der Waals surface area contributed by atoms with Crippen molar-refractivity contribution in [2.75, 3.05) is 11.9 Å². The highest BCUT2D eigenvalue weighted by molar-refractivity contribution is 7.98. The van der Waals surface area contributed by atoms with Crippen molar-refractivity contribution in [3.05, 3.63) is 21.6 Å². The van der Waals surface area contributed by atoms with Gasteiger partial charge in [0, 0.05) is 23.6 Å². The van der Waals surface area contributed by atoms with Crippen molar-refractivity contribution in [3.8, 4) is 0 Å². The van der Waals surface area contributed by atoms with E-state index in [1.165, 1.54) is 0 Å². The maximum atomic E-state index is 11.6. The van der Waals surface area contributed by atoms with Crippen molar-refractivity contribution in [2.24, 2.45) is 0 Å². The van der Waals surface area contributed by atoms with E-state index >= 15 is 0 Å². The molecule has 1 aliphatic heterocycles. The number of thioether (sulfide) groups is 1. The standard InChI is InChI=1S/C10H15N3OS/c1-2-3-4-11-10-12-8-6-15-5-7(8)9(14)13-10/h2-6H2,1H3,(H2,11,12,13,14). The summed E-state index contributed by atoms with van der Waals surface area (Å²) in [5, 5.41) is 3.14. The monoisotopic (exact) mass is 225 g/mol. The number of aromatic nitrogens is 2. The summed E-state index contributed by atoms with van der Waals surface area (Å²) in [6.07, 6.45) is 2.23. The number of hydrogen-bond acceptors (Lipinski definition) is 4. The first-order chi connectivity index (χ1) is 7.31. The van der Waals surface area contributed by atoms with E-state index in [0.29, 0.717) is 5.95 Å². The Morgan fingerprint density at radius 2 is 2.40 bits per heavy atom. The molecule has 1 aliphatic rings. The third-order valence-corrected chi connectivity index (χ3v) is 3.38. The predicted octanol–water partition coefficient (Wildman–Crippen LogP) is 1.73. The van der Waals surface area contributed by atoms with Crippen LogP contribution in [0.2, 0.25) is 0 Å². The number of hydrogen-bond donors (Lipinski definition) is 2. The molecule has 82 valence electrons. The van der Waals surface area contributed by atoms with Crippen LogP contribution in [-0.4, -0.2) is 16.5 Å². The Morgan fingerprint density at radius 1 is 1.53 bits per heavy atom. The molecule has 0 fully saturated rings. The zero-order valence-corrected chi connectivity index (χ0v) is 9.62. The van der Waals surface area contributed by atoms with Gasteiger partial charge < -0.3 is 5.32 Å². The van der Waals surface area contributed by atoms with Crippen molar-refractivity contribution >= 4 is 17.7 Å². The van der Waals surface area contributed by atoms with E-state index in [4.69, 9.17) is 0 Å². The first-order valence-corrected chi connectivity index (χ1v) is 6.40. The molecule has 0 radical (unpaired) electrons. The summed E-state index contributed by atoms with van der Waals surface area (Å²) in [6.45, 7) is 3.00. The number of nitrogens with zero attached hydrogens (tertiary/aromatic N) is 1. The summed E-state index contributed by atoms with van der Waals surface area (Å²) in [5.41, 5.74) is 1.81. The first kappa shape index (κ1) is 10.5. The van der Waals surface area contributed by atoms with Gasteiger partial charge in [0.15, 0.2) is 0 Å². The minimum absolute atomic E-state index is 0.0176. The maximum absolute atomic E-state index is 11.6. The van der Waals surface area contributed by atoms with Crippen molar-refractivity contribution in [1.82, 2.24) is 9.97 Å². The van der Waals surface area contributed by atoms with E-state index < -0.39 is 0 Å². The molecule has 0 unspecified atom stereocenters. The van der Waals surface area contributed by atoms with Crippen LogP contribution in [0, 0.1) is 0 Å². The van der Waals surface area contributed by atoms with Crippen LogP contribution >= 0.6 is 11.8 Å². The second-order valence-electron chi connectivity index (χ2n) is 3.61. The second kappa shape index (κ2) is 4.70. The van der Waals surface area contributed by atoms with Crippen LogP contribution in [0.1, 0.15) is 31.0 Å². The number of fused-ring (bicyclic) bond motifs is 1. The topological polar surface area (TPSA) is 57.8 Å². The molecule has 0 saturated carbocycles. The lowest BCUT2D eigenvalue weighted by Crippen LogP contribution is -2.17. The number of rotatable bonds is 4. The number of H-pyrrole nitrogens is 1. The number of anilines is 1. The Morgan fingerprint density at radius 3 is 3.20 bits per heavy atom. The summed E-state index contributed by atoms with van der Waals surface area (Å²) in [5.74, 6) is 2.28. The van der Waals surface area contributed by atoms with Gasteiger partial charge in [0.25, 0.3) is 5.56 Å². The average molecular weight is 225 g/mol. The zero-order chi connectivity index (χ0) is 10.7. The summed E-state index contributed by atoms with van der Waals surface area (Å²) < 4.78 is 0. The van der Waals surface area contributed by atoms with Crippen LogP contribution in [0.25, 0.3) is 0 Å². The Balaban J connectivity index is 2.13. The molecular weight excluding hydrogens is 210 g/mol. The summed E-state index contributed by atoms with van der Waals surface area (Å²) in [7, 11) is 0. The molecule has 0 bridgehead atoms. The number of nitrogens with one attached hydrogen (secondary N) is 2. The Kier molecular flexibility index (Phi) is 3.30. The van der Waals surface area contributed by atoms with Crippen LogP contribution in [0.5, 0.6) is 0 Å². The quantitative estimate of drug-likeness (QED) is 0.766. The Hall–Kier alpha value is -0.970. The molecular formula is C10H15N3OS. The molecule has 0 spiro atoms. The van der Waals surface area contributed by atoms with E-state index in [2.05, 4.69) is 22.2 Å². The maximum Gasteiger partial charge on any atom is 0.256 e. The molecule has 1 aromatic rings. The third-order valence-electron chi connectivity index (χ3n) is 2.41. The predicted molar refractivity (Wildman–Crippen MR) is 63.3 cm³/mol. The molecule has 1 aromatic heterocycles. The lowest BCUT2D eigenvalue weighted by molar-refractivity contribution is 0.823. The van der Waals surface area contributed by atoms with Crippen LogP contribution in [0.4, 0.5) is 5.95 Å². The van der Waals surface area contributed by atoms with E-state index in [-0.39, 0.29) is 5.56 Å². The molecule has 2 N–H and O–H groups in total. The molecule has 15 heavy (non-hydrogen) atoms. The van der Waals surface area contributed by atoms with E-state index in [1.807, 2.05) is 0 Å². The SMILES string of the molecule is CCCCNc1nc2c(c(=O)[nH]1)CSC2. The fraction of sp³-hybridized carbons (Fsp3) is 0.600. The number of aromatic amines is 1. The Bertz CT molecular complexity index is 402. The van der Waals surface area contributed by atoms with E-state index in [9.17, 15) is 4.79 Å². The van der Waals surface area contributed by atoms with Crippen molar-refractivity contribution < 1.29 is 0 Å². The smallest absolute Gasteiger partial charge is 0.256 e. The van der Waals surface area contributed by atoms with Gasteiger partial charge in [-0.2, -0.15) is 11.8 Å². The van der Waals surface area contributed by atoms with Gasteiger partial charge in [-0.25, -0.2) is 4.98 Å². The molecule has 2 heterocycles. The van der Waals surface area contributed by atoms with Gasteiger partial charge in [-0.15, -0.1) is 0 Å². The highest BCUT2D eigenvalue weighted by Crippen LogP contribution is 2.25. The highest BCUT2D eigenvalue weighted by atomic mass is 32.2. The zero-order valence-electron chi connectivity index (χ0n) is 8.80. The highest BCUT2D eigenvalue weighted by Gasteiger charge is 2.17. The van der Waals surface area contributed by atoms with Gasteiger partial charge in [-0.05, 0) is 6.42 Å². The van der Waals surface area contributed by atoms with Gasteiger partial charge in [-0.1, -0.05) is 13.3 Å². The van der Waals surface area contributed by atoms with Crippen molar-refractivity contribution in [1.29, 1.82) is 0 Å². The molecule has 4 nitrogen and oxygen atoms in total. The molecule has 0 atom stereocenters. The third kappa shape index (κ3) is 2.34. The molecule has 0 saturated heterocycles. The van der Waals surface area contributed by atoms with Gasteiger partial charge >= 0.3 is 0 Å². The van der Waals surface area contributed by atoms with Crippen LogP contribution in [-0.2, 0) is 11.5 Å². The molecule has 2 rings (SSSR count). The molecule has 0 aromatic carbocycles. The minimum Gasteiger partial charge on any atom is -0.356 e. The lowest BCUT2D eigenvalue weighted by atomic mass is 10.3. The minimum atomic E-state index is 0.0176. The fourth-order valence-electron chi connectivity index (χ4n) is 1.53. The average Bonchev–Trinajstić information content (AvgIpc) is 2.66. The van der Waals surface area contributed by atoms with Gasteiger partial charge in [0.2, 0.25) is 5.95 Å².